The molecular weight excluding hydrogens is 348 g/mol. The summed E-state index contributed by atoms with van der Waals surface area (Å²) in [4.78, 5) is 2.74. The molecule has 3 aliphatic rings. The highest BCUT2D eigenvalue weighted by Gasteiger charge is 2.47. The van der Waals surface area contributed by atoms with E-state index in [9.17, 15) is 10.2 Å². The number of para-hydroxylation sites is 1. The molecule has 0 fully saturated rings. The number of benzene rings is 2. The van der Waals surface area contributed by atoms with Crippen LogP contribution < -0.4 is 5.32 Å². The predicted molar refractivity (Wildman–Crippen MR) is 101 cm³/mol. The zero-order valence-electron chi connectivity index (χ0n) is 13.7. The number of aromatic nitrogens is 1. The molecule has 5 heteroatoms. The van der Waals surface area contributed by atoms with Crippen molar-refractivity contribution >= 4 is 22.9 Å². The van der Waals surface area contributed by atoms with Crippen molar-refractivity contribution < 1.29 is 10.2 Å². The van der Waals surface area contributed by atoms with Gasteiger partial charge in [0.25, 0.3) is 0 Å². The van der Waals surface area contributed by atoms with Crippen molar-refractivity contribution in [2.24, 2.45) is 0 Å². The van der Waals surface area contributed by atoms with Gasteiger partial charge in [0.05, 0.1) is 11.6 Å². The van der Waals surface area contributed by atoms with Gasteiger partial charge in [0.1, 0.15) is 0 Å². The van der Waals surface area contributed by atoms with Crippen LogP contribution in [0.15, 0.2) is 48.0 Å². The van der Waals surface area contributed by atoms with Crippen LogP contribution in [0.3, 0.4) is 0 Å². The molecule has 0 bridgehead atoms. The van der Waals surface area contributed by atoms with Gasteiger partial charge in [0.2, 0.25) is 0 Å². The highest BCUT2D eigenvalue weighted by atomic mass is 35.5. The normalized spacial score (nSPS) is 21.6. The Morgan fingerprint density at radius 3 is 2.77 bits per heavy atom. The third kappa shape index (κ3) is 1.60. The Morgan fingerprint density at radius 1 is 1.04 bits per heavy atom. The number of aromatic hydroxyl groups is 2. The van der Waals surface area contributed by atoms with Crippen LogP contribution >= 0.6 is 11.6 Å². The van der Waals surface area contributed by atoms with Gasteiger partial charge in [-0.1, -0.05) is 35.9 Å². The molecule has 2 aromatic carbocycles. The second kappa shape index (κ2) is 4.65. The summed E-state index contributed by atoms with van der Waals surface area (Å²) in [5, 5.41) is 25.5. The first-order chi connectivity index (χ1) is 12.6. The molecule has 0 saturated heterocycles. The Morgan fingerprint density at radius 2 is 1.88 bits per heavy atom. The minimum atomic E-state index is -0.0260. The summed E-state index contributed by atoms with van der Waals surface area (Å²) < 4.78 is 0. The van der Waals surface area contributed by atoms with Gasteiger partial charge in [0.15, 0.2) is 11.8 Å². The van der Waals surface area contributed by atoms with Crippen molar-refractivity contribution in [2.45, 2.75) is 18.4 Å². The van der Waals surface area contributed by atoms with Crippen LogP contribution in [0.1, 0.15) is 33.7 Å². The molecular formula is C21H15ClN2O2. The number of anilines is 1. The first kappa shape index (κ1) is 14.3. The van der Waals surface area contributed by atoms with Crippen molar-refractivity contribution in [3.8, 4) is 11.8 Å². The molecule has 4 N–H and O–H groups in total. The van der Waals surface area contributed by atoms with E-state index in [4.69, 9.17) is 11.6 Å². The third-order valence-corrected chi connectivity index (χ3v) is 6.15. The number of nitrogens with one attached hydrogen (secondary N) is 2. The smallest absolute Gasteiger partial charge is 0.199 e. The highest BCUT2D eigenvalue weighted by Crippen LogP contribution is 2.58. The Bertz CT molecular complexity index is 1140. The molecule has 4 nitrogen and oxygen atoms in total. The SMILES string of the molecule is Oc1[nH]c(O)c2c1C1=C(Cc3ccc(Cl)cc31)C1Nc3ccccc3C21. The molecule has 0 radical (unpaired) electrons. The van der Waals surface area contributed by atoms with E-state index in [1.165, 1.54) is 11.1 Å². The molecule has 1 aromatic heterocycles. The molecule has 1 aliphatic heterocycles. The predicted octanol–water partition coefficient (Wildman–Crippen LogP) is 4.38. The number of aromatic amines is 1. The van der Waals surface area contributed by atoms with Gasteiger partial charge in [-0.2, -0.15) is 0 Å². The molecule has 2 heterocycles. The summed E-state index contributed by atoms with van der Waals surface area (Å²) >= 11 is 6.25. The van der Waals surface area contributed by atoms with Gasteiger partial charge in [-0.05, 0) is 52.5 Å². The van der Waals surface area contributed by atoms with Gasteiger partial charge >= 0.3 is 0 Å². The lowest BCUT2D eigenvalue weighted by atomic mass is 9.75. The van der Waals surface area contributed by atoms with Crippen molar-refractivity contribution in [3.63, 3.8) is 0 Å². The summed E-state index contributed by atoms with van der Waals surface area (Å²) in [6.45, 7) is 0. The lowest BCUT2D eigenvalue weighted by Gasteiger charge is -2.29. The number of H-pyrrole nitrogens is 1. The molecule has 2 unspecified atom stereocenters. The summed E-state index contributed by atoms with van der Waals surface area (Å²) in [5.74, 6) is 0.0237. The topological polar surface area (TPSA) is 68.3 Å². The third-order valence-electron chi connectivity index (χ3n) is 5.92. The van der Waals surface area contributed by atoms with E-state index < -0.39 is 0 Å². The van der Waals surface area contributed by atoms with E-state index in [0.717, 1.165) is 34.4 Å². The van der Waals surface area contributed by atoms with Crippen LogP contribution in [0.25, 0.3) is 5.57 Å². The van der Waals surface area contributed by atoms with Crippen LogP contribution in [-0.2, 0) is 6.42 Å². The van der Waals surface area contributed by atoms with Gasteiger partial charge in [-0.25, -0.2) is 0 Å². The molecule has 26 heavy (non-hydrogen) atoms. The van der Waals surface area contributed by atoms with E-state index >= 15 is 0 Å². The zero-order valence-corrected chi connectivity index (χ0v) is 14.4. The van der Waals surface area contributed by atoms with Crippen LogP contribution in [0.4, 0.5) is 5.69 Å². The van der Waals surface area contributed by atoms with Gasteiger partial charge in [-0.15, -0.1) is 0 Å². The largest absolute Gasteiger partial charge is 0.494 e. The van der Waals surface area contributed by atoms with Crippen molar-refractivity contribution in [1.29, 1.82) is 0 Å². The van der Waals surface area contributed by atoms with Gasteiger partial charge < -0.3 is 15.5 Å². The van der Waals surface area contributed by atoms with E-state index in [2.05, 4.69) is 28.5 Å². The molecule has 3 aromatic rings. The van der Waals surface area contributed by atoms with Crippen LogP contribution in [0.2, 0.25) is 5.02 Å². The molecule has 0 saturated carbocycles. The maximum atomic E-state index is 10.6. The summed E-state index contributed by atoms with van der Waals surface area (Å²) in [6.07, 6.45) is 0.814. The van der Waals surface area contributed by atoms with Crippen molar-refractivity contribution in [2.75, 3.05) is 5.32 Å². The van der Waals surface area contributed by atoms with Crippen LogP contribution in [0.5, 0.6) is 11.8 Å². The van der Waals surface area contributed by atoms with Crippen LogP contribution in [0, 0.1) is 0 Å². The minimum Gasteiger partial charge on any atom is -0.494 e. The van der Waals surface area contributed by atoms with E-state index in [-0.39, 0.29) is 23.7 Å². The van der Waals surface area contributed by atoms with Gasteiger partial charge in [-0.3, -0.25) is 4.98 Å². The van der Waals surface area contributed by atoms with E-state index in [1.54, 1.807) is 0 Å². The lowest BCUT2D eigenvalue weighted by Crippen LogP contribution is -2.28. The number of hydrogen-bond acceptors (Lipinski definition) is 3. The minimum absolute atomic E-state index is 0.0145. The highest BCUT2D eigenvalue weighted by molar-refractivity contribution is 6.30. The fourth-order valence-corrected chi connectivity index (χ4v) is 5.12. The monoisotopic (exact) mass is 362 g/mol. The standard InChI is InChI=1S/C21H15ClN2O2/c22-10-6-5-9-7-13-15(12(9)8-10)17-18(21(26)24-20(17)25)16-11-3-1-2-4-14(11)23-19(13)16/h1-6,8,16,19,23-26H,7H2. The fourth-order valence-electron chi connectivity index (χ4n) is 4.95. The Hall–Kier alpha value is -2.85. The average Bonchev–Trinajstić information content (AvgIpc) is 3.26. The number of fused-ring (bicyclic) bond motifs is 9. The quantitative estimate of drug-likeness (QED) is 0.480. The maximum absolute atomic E-state index is 10.6. The maximum Gasteiger partial charge on any atom is 0.199 e. The first-order valence-corrected chi connectivity index (χ1v) is 9.02. The van der Waals surface area contributed by atoms with Gasteiger partial charge in [0, 0.05) is 22.2 Å². The van der Waals surface area contributed by atoms with Crippen molar-refractivity contribution in [1.82, 2.24) is 4.98 Å². The number of halogens is 1. The second-order valence-electron chi connectivity index (χ2n) is 7.18. The molecule has 6 rings (SSSR count). The Kier molecular flexibility index (Phi) is 2.56. The molecule has 128 valence electrons. The summed E-state index contributed by atoms with van der Waals surface area (Å²) in [5.41, 5.74) is 8.17. The molecule has 0 amide bonds. The molecule has 2 atom stereocenters. The number of hydrogen-bond donors (Lipinski definition) is 4. The molecule has 2 aliphatic carbocycles. The Labute approximate surface area is 154 Å². The van der Waals surface area contributed by atoms with E-state index in [1.807, 2.05) is 24.3 Å². The summed E-state index contributed by atoms with van der Waals surface area (Å²) in [6, 6.07) is 14.1. The summed E-state index contributed by atoms with van der Waals surface area (Å²) in [7, 11) is 0. The van der Waals surface area contributed by atoms with E-state index in [0.29, 0.717) is 10.6 Å². The first-order valence-electron chi connectivity index (χ1n) is 8.65. The lowest BCUT2D eigenvalue weighted by molar-refractivity contribution is 0.422. The second-order valence-corrected chi connectivity index (χ2v) is 7.61. The van der Waals surface area contributed by atoms with Crippen molar-refractivity contribution in [3.05, 3.63) is 80.9 Å². The number of rotatable bonds is 0. The van der Waals surface area contributed by atoms with Crippen LogP contribution in [-0.4, -0.2) is 21.2 Å². The average molecular weight is 363 g/mol. The Balaban J connectivity index is 1.69. The fraction of sp³-hybridized carbons (Fsp3) is 0.143. The zero-order chi connectivity index (χ0) is 17.6. The molecule has 0 spiro atoms.